The highest BCUT2D eigenvalue weighted by Crippen LogP contribution is 2.23. The molecule has 110 valence electrons. The van der Waals surface area contributed by atoms with Gasteiger partial charge < -0.3 is 14.2 Å². The second kappa shape index (κ2) is 6.02. The first-order valence-electron chi connectivity index (χ1n) is 6.71. The molecule has 0 radical (unpaired) electrons. The van der Waals surface area contributed by atoms with Gasteiger partial charge >= 0.3 is 5.97 Å². The zero-order valence-corrected chi connectivity index (χ0v) is 11.6. The lowest BCUT2D eigenvalue weighted by atomic mass is 10.2. The van der Waals surface area contributed by atoms with Crippen molar-refractivity contribution in [3.8, 4) is 5.69 Å². The topological polar surface area (TPSA) is 75.5 Å². The molecule has 7 heteroatoms. The molecule has 1 fully saturated rings. The van der Waals surface area contributed by atoms with Gasteiger partial charge in [0.15, 0.2) is 12.0 Å². The molecule has 0 N–H and O–H groups in total. The third-order valence-electron chi connectivity index (χ3n) is 3.03. The van der Waals surface area contributed by atoms with Crippen molar-refractivity contribution in [2.75, 3.05) is 19.8 Å². The van der Waals surface area contributed by atoms with Crippen molar-refractivity contribution < 1.29 is 19.0 Å². The molecule has 1 aliphatic rings. The fourth-order valence-corrected chi connectivity index (χ4v) is 2.02. The van der Waals surface area contributed by atoms with Gasteiger partial charge in [-0.3, -0.25) is 0 Å². The lowest BCUT2D eigenvalue weighted by molar-refractivity contribution is -0.0441. The number of carbonyl (C=O) groups excluding carboxylic acids is 1. The zero-order chi connectivity index (χ0) is 14.7. The standard InChI is InChI=1S/C14H15N3O4/c1-2-19-13(18)12-9-17(16-15-12)11-5-3-10(4-6-11)14-20-7-8-21-14/h3-6,9,14H,2,7-8H2,1H3. The van der Waals surface area contributed by atoms with Crippen LogP contribution in [0, 0.1) is 0 Å². The largest absolute Gasteiger partial charge is 0.461 e. The Morgan fingerprint density at radius 2 is 2.05 bits per heavy atom. The van der Waals surface area contributed by atoms with Gasteiger partial charge in [-0.1, -0.05) is 17.3 Å². The van der Waals surface area contributed by atoms with Crippen LogP contribution in [0.4, 0.5) is 0 Å². The number of rotatable bonds is 4. The van der Waals surface area contributed by atoms with Gasteiger partial charge in [0, 0.05) is 5.56 Å². The second-order valence-electron chi connectivity index (χ2n) is 4.43. The van der Waals surface area contributed by atoms with Crippen LogP contribution in [0.15, 0.2) is 30.5 Å². The summed E-state index contributed by atoms with van der Waals surface area (Å²) in [5, 5.41) is 7.72. The molecule has 0 spiro atoms. The minimum absolute atomic E-state index is 0.184. The van der Waals surface area contributed by atoms with E-state index in [9.17, 15) is 4.79 Å². The number of ether oxygens (including phenoxy) is 3. The Kier molecular flexibility index (Phi) is 3.94. The molecule has 0 atom stereocenters. The quantitative estimate of drug-likeness (QED) is 0.794. The third kappa shape index (κ3) is 2.93. The Balaban J connectivity index is 1.76. The minimum atomic E-state index is -0.479. The molecule has 2 heterocycles. The lowest BCUT2D eigenvalue weighted by Gasteiger charge is -2.09. The van der Waals surface area contributed by atoms with Crippen molar-refractivity contribution >= 4 is 5.97 Å². The monoisotopic (exact) mass is 289 g/mol. The molecular formula is C14H15N3O4. The van der Waals surface area contributed by atoms with Crippen molar-refractivity contribution in [2.24, 2.45) is 0 Å². The van der Waals surface area contributed by atoms with Crippen LogP contribution in [0.25, 0.3) is 5.69 Å². The summed E-state index contributed by atoms with van der Waals surface area (Å²) in [7, 11) is 0. The molecule has 0 aliphatic carbocycles. The lowest BCUT2D eigenvalue weighted by Crippen LogP contribution is -2.04. The van der Waals surface area contributed by atoms with Gasteiger partial charge in [0.05, 0.1) is 31.7 Å². The van der Waals surface area contributed by atoms with Crippen molar-refractivity contribution in [1.29, 1.82) is 0 Å². The molecule has 0 bridgehead atoms. The number of nitrogens with zero attached hydrogens (tertiary/aromatic N) is 3. The Morgan fingerprint density at radius 3 is 2.71 bits per heavy atom. The van der Waals surface area contributed by atoms with Gasteiger partial charge in [-0.2, -0.15) is 0 Å². The van der Waals surface area contributed by atoms with Gasteiger partial charge in [0.1, 0.15) is 0 Å². The van der Waals surface area contributed by atoms with Gasteiger partial charge in [-0.05, 0) is 19.1 Å². The summed E-state index contributed by atoms with van der Waals surface area (Å²) in [5.41, 5.74) is 1.92. The highest BCUT2D eigenvalue weighted by Gasteiger charge is 2.18. The van der Waals surface area contributed by atoms with Crippen molar-refractivity contribution in [3.63, 3.8) is 0 Å². The van der Waals surface area contributed by atoms with E-state index in [1.807, 2.05) is 24.3 Å². The van der Waals surface area contributed by atoms with Crippen LogP contribution in [-0.4, -0.2) is 40.8 Å². The van der Waals surface area contributed by atoms with E-state index in [4.69, 9.17) is 14.2 Å². The number of aromatic nitrogens is 3. The predicted octanol–water partition coefficient (Wildman–Crippen LogP) is 1.49. The average molecular weight is 289 g/mol. The first-order valence-corrected chi connectivity index (χ1v) is 6.71. The summed E-state index contributed by atoms with van der Waals surface area (Å²) in [6, 6.07) is 7.53. The molecule has 0 unspecified atom stereocenters. The summed E-state index contributed by atoms with van der Waals surface area (Å²) in [5.74, 6) is -0.479. The molecule has 21 heavy (non-hydrogen) atoms. The molecule has 1 aromatic carbocycles. The van der Waals surface area contributed by atoms with E-state index >= 15 is 0 Å². The molecule has 2 aromatic rings. The summed E-state index contributed by atoms with van der Waals surface area (Å²) in [6.07, 6.45) is 1.24. The Hall–Kier alpha value is -2.25. The van der Waals surface area contributed by atoms with E-state index in [0.29, 0.717) is 19.8 Å². The van der Waals surface area contributed by atoms with Crippen molar-refractivity contribution in [1.82, 2.24) is 15.0 Å². The molecule has 3 rings (SSSR count). The van der Waals surface area contributed by atoms with Crippen molar-refractivity contribution in [3.05, 3.63) is 41.7 Å². The molecule has 0 amide bonds. The van der Waals surface area contributed by atoms with Crippen LogP contribution in [0.3, 0.4) is 0 Å². The Morgan fingerprint density at radius 1 is 1.33 bits per heavy atom. The first-order chi connectivity index (χ1) is 10.3. The number of hydrogen-bond donors (Lipinski definition) is 0. The smallest absolute Gasteiger partial charge is 0.360 e. The molecule has 0 saturated carbocycles. The van der Waals surface area contributed by atoms with Crippen LogP contribution >= 0.6 is 0 Å². The maximum Gasteiger partial charge on any atom is 0.360 e. The highest BCUT2D eigenvalue weighted by atomic mass is 16.7. The molecule has 7 nitrogen and oxygen atoms in total. The van der Waals surface area contributed by atoms with Crippen LogP contribution in [0.5, 0.6) is 0 Å². The third-order valence-corrected chi connectivity index (χ3v) is 3.03. The molecule has 1 aromatic heterocycles. The summed E-state index contributed by atoms with van der Waals surface area (Å²) in [4.78, 5) is 11.5. The second-order valence-corrected chi connectivity index (χ2v) is 4.43. The zero-order valence-electron chi connectivity index (χ0n) is 11.6. The van der Waals surface area contributed by atoms with E-state index in [-0.39, 0.29) is 12.0 Å². The highest BCUT2D eigenvalue weighted by molar-refractivity contribution is 5.86. The van der Waals surface area contributed by atoms with Gasteiger partial charge in [0.25, 0.3) is 0 Å². The summed E-state index contributed by atoms with van der Waals surface area (Å²) in [6.45, 7) is 3.27. The number of carbonyl (C=O) groups is 1. The van der Waals surface area contributed by atoms with Crippen LogP contribution in [0.1, 0.15) is 29.3 Å². The molecular weight excluding hydrogens is 274 g/mol. The molecule has 1 aliphatic heterocycles. The van der Waals surface area contributed by atoms with Gasteiger partial charge in [-0.15, -0.1) is 5.10 Å². The van der Waals surface area contributed by atoms with Crippen LogP contribution in [-0.2, 0) is 14.2 Å². The van der Waals surface area contributed by atoms with E-state index in [1.165, 1.54) is 10.9 Å². The van der Waals surface area contributed by atoms with Gasteiger partial charge in [0.2, 0.25) is 0 Å². The summed E-state index contributed by atoms with van der Waals surface area (Å²) >= 11 is 0. The maximum atomic E-state index is 11.5. The van der Waals surface area contributed by atoms with E-state index in [2.05, 4.69) is 10.3 Å². The van der Waals surface area contributed by atoms with E-state index in [0.717, 1.165) is 11.3 Å². The Labute approximate surface area is 121 Å². The predicted molar refractivity (Wildman–Crippen MR) is 72.0 cm³/mol. The normalized spacial score (nSPS) is 15.3. The first kappa shape index (κ1) is 13.7. The fourth-order valence-electron chi connectivity index (χ4n) is 2.02. The van der Waals surface area contributed by atoms with E-state index in [1.54, 1.807) is 6.92 Å². The van der Waals surface area contributed by atoms with Crippen molar-refractivity contribution in [2.45, 2.75) is 13.2 Å². The number of hydrogen-bond acceptors (Lipinski definition) is 6. The number of esters is 1. The average Bonchev–Trinajstić information content (AvgIpc) is 3.19. The fraction of sp³-hybridized carbons (Fsp3) is 0.357. The number of benzene rings is 1. The van der Waals surface area contributed by atoms with Gasteiger partial charge in [-0.25, -0.2) is 9.48 Å². The minimum Gasteiger partial charge on any atom is -0.461 e. The maximum absolute atomic E-state index is 11.5. The molecule has 1 saturated heterocycles. The van der Waals surface area contributed by atoms with Crippen LogP contribution < -0.4 is 0 Å². The summed E-state index contributed by atoms with van der Waals surface area (Å²) < 4.78 is 17.3. The van der Waals surface area contributed by atoms with E-state index < -0.39 is 5.97 Å². The Bertz CT molecular complexity index is 617. The SMILES string of the molecule is CCOC(=O)c1cn(-c2ccc(C3OCCO3)cc2)nn1. The van der Waals surface area contributed by atoms with Crippen LogP contribution in [0.2, 0.25) is 0 Å².